The predicted molar refractivity (Wildman–Crippen MR) is 85.4 cm³/mol. The van der Waals surface area contributed by atoms with Crippen LogP contribution in [0.1, 0.15) is 15.9 Å². The largest absolute Gasteiger partial charge is 0.423 e. The standard InChI is InChI=1S/C15H13N3O2S/c16-15(21)18-17-10-11-6-8-13(9-7-11)20-14(19)12-4-2-1-3-5-12/h1-10H,(H3,16,18,21)/b17-10-. The van der Waals surface area contributed by atoms with Crippen molar-refractivity contribution in [2.45, 2.75) is 0 Å². The van der Waals surface area contributed by atoms with Crippen LogP contribution in [0, 0.1) is 0 Å². The number of nitrogens with zero attached hydrogens (tertiary/aromatic N) is 1. The van der Waals surface area contributed by atoms with Gasteiger partial charge in [-0.3, -0.25) is 5.43 Å². The highest BCUT2D eigenvalue weighted by Gasteiger charge is 2.07. The lowest BCUT2D eigenvalue weighted by Gasteiger charge is -2.04. The lowest BCUT2D eigenvalue weighted by atomic mass is 10.2. The van der Waals surface area contributed by atoms with Gasteiger partial charge in [0.25, 0.3) is 0 Å². The molecule has 0 aliphatic carbocycles. The van der Waals surface area contributed by atoms with Crippen LogP contribution in [0.25, 0.3) is 0 Å². The predicted octanol–water partition coefficient (Wildman–Crippen LogP) is 2.07. The van der Waals surface area contributed by atoms with Crippen molar-refractivity contribution in [3.05, 3.63) is 65.7 Å². The molecule has 0 amide bonds. The van der Waals surface area contributed by atoms with Gasteiger partial charge in [0.15, 0.2) is 5.11 Å². The number of benzene rings is 2. The molecular weight excluding hydrogens is 286 g/mol. The zero-order valence-corrected chi connectivity index (χ0v) is 11.8. The molecule has 0 saturated heterocycles. The van der Waals surface area contributed by atoms with Crippen LogP contribution in [0.4, 0.5) is 0 Å². The molecule has 6 heteroatoms. The van der Waals surface area contributed by atoms with Crippen LogP contribution in [0.5, 0.6) is 5.75 Å². The summed E-state index contributed by atoms with van der Waals surface area (Å²) in [6.07, 6.45) is 1.56. The van der Waals surface area contributed by atoms with Gasteiger partial charge in [0.2, 0.25) is 0 Å². The van der Waals surface area contributed by atoms with Crippen molar-refractivity contribution < 1.29 is 9.53 Å². The van der Waals surface area contributed by atoms with E-state index < -0.39 is 5.97 Å². The van der Waals surface area contributed by atoms with Crippen molar-refractivity contribution in [3.63, 3.8) is 0 Å². The molecule has 0 aromatic heterocycles. The summed E-state index contributed by atoms with van der Waals surface area (Å²) in [6, 6.07) is 15.7. The van der Waals surface area contributed by atoms with Crippen LogP contribution < -0.4 is 15.9 Å². The number of nitrogens with one attached hydrogen (secondary N) is 1. The zero-order valence-electron chi connectivity index (χ0n) is 11.0. The van der Waals surface area contributed by atoms with Crippen molar-refractivity contribution in [3.8, 4) is 5.75 Å². The van der Waals surface area contributed by atoms with Gasteiger partial charge in [0.05, 0.1) is 11.8 Å². The Balaban J connectivity index is 1.98. The highest BCUT2D eigenvalue weighted by molar-refractivity contribution is 7.80. The average Bonchev–Trinajstić information content (AvgIpc) is 2.49. The zero-order chi connectivity index (χ0) is 15.1. The Morgan fingerprint density at radius 3 is 2.43 bits per heavy atom. The van der Waals surface area contributed by atoms with Crippen LogP contribution in [0.15, 0.2) is 59.7 Å². The highest BCUT2D eigenvalue weighted by Crippen LogP contribution is 2.13. The monoisotopic (exact) mass is 299 g/mol. The molecular formula is C15H13N3O2S. The summed E-state index contributed by atoms with van der Waals surface area (Å²) in [5.74, 6) is 0.0653. The summed E-state index contributed by atoms with van der Waals surface area (Å²) >= 11 is 4.62. The maximum atomic E-state index is 11.9. The molecule has 0 heterocycles. The first kappa shape index (κ1) is 14.7. The second-order valence-electron chi connectivity index (χ2n) is 4.06. The number of carbonyl (C=O) groups excluding carboxylic acids is 1. The van der Waals surface area contributed by atoms with E-state index >= 15 is 0 Å². The van der Waals surface area contributed by atoms with E-state index in [9.17, 15) is 4.79 Å². The molecule has 0 atom stereocenters. The number of nitrogens with two attached hydrogens (primary N) is 1. The Hall–Kier alpha value is -2.73. The second kappa shape index (κ2) is 7.16. The second-order valence-corrected chi connectivity index (χ2v) is 4.50. The van der Waals surface area contributed by atoms with Crippen molar-refractivity contribution in [1.29, 1.82) is 0 Å². The lowest BCUT2D eigenvalue weighted by molar-refractivity contribution is 0.0735. The molecule has 0 unspecified atom stereocenters. The Kier molecular flexibility index (Phi) is 5.00. The van der Waals surface area contributed by atoms with E-state index in [0.29, 0.717) is 11.3 Å². The number of carbonyl (C=O) groups is 1. The Labute approximate surface area is 127 Å². The molecule has 2 aromatic carbocycles. The minimum atomic E-state index is -0.396. The Morgan fingerprint density at radius 2 is 1.81 bits per heavy atom. The number of hydrazone groups is 1. The minimum Gasteiger partial charge on any atom is -0.423 e. The van der Waals surface area contributed by atoms with Crippen molar-refractivity contribution in [1.82, 2.24) is 5.43 Å². The van der Waals surface area contributed by atoms with E-state index in [-0.39, 0.29) is 5.11 Å². The smallest absolute Gasteiger partial charge is 0.343 e. The molecule has 0 bridgehead atoms. The Bertz CT molecular complexity index is 654. The van der Waals surface area contributed by atoms with E-state index in [4.69, 9.17) is 10.5 Å². The van der Waals surface area contributed by atoms with Gasteiger partial charge in [-0.05, 0) is 54.2 Å². The number of esters is 1. The van der Waals surface area contributed by atoms with Crippen LogP contribution in [-0.4, -0.2) is 17.3 Å². The van der Waals surface area contributed by atoms with E-state index in [1.807, 2.05) is 6.07 Å². The van der Waals surface area contributed by atoms with Crippen LogP contribution in [-0.2, 0) is 0 Å². The molecule has 0 saturated carbocycles. The molecule has 0 fully saturated rings. The molecule has 106 valence electrons. The van der Waals surface area contributed by atoms with E-state index in [0.717, 1.165) is 5.56 Å². The Morgan fingerprint density at radius 1 is 1.14 bits per heavy atom. The molecule has 0 spiro atoms. The third-order valence-electron chi connectivity index (χ3n) is 2.49. The first-order valence-corrected chi connectivity index (χ1v) is 6.52. The summed E-state index contributed by atoms with van der Waals surface area (Å²) in [5.41, 5.74) is 9.02. The topological polar surface area (TPSA) is 76.7 Å². The van der Waals surface area contributed by atoms with Gasteiger partial charge >= 0.3 is 5.97 Å². The number of hydrogen-bond donors (Lipinski definition) is 2. The summed E-state index contributed by atoms with van der Waals surface area (Å²) in [7, 11) is 0. The summed E-state index contributed by atoms with van der Waals surface area (Å²) in [5, 5.41) is 3.93. The van der Waals surface area contributed by atoms with Gasteiger partial charge in [-0.15, -0.1) is 0 Å². The summed E-state index contributed by atoms with van der Waals surface area (Å²) < 4.78 is 5.26. The third kappa shape index (κ3) is 4.70. The van der Waals surface area contributed by atoms with Gasteiger partial charge in [0.1, 0.15) is 5.75 Å². The van der Waals surface area contributed by atoms with Gasteiger partial charge in [-0.2, -0.15) is 5.10 Å². The molecule has 2 aromatic rings. The van der Waals surface area contributed by atoms with Crippen LogP contribution >= 0.6 is 12.2 Å². The molecule has 0 radical (unpaired) electrons. The molecule has 0 aliphatic heterocycles. The van der Waals surface area contributed by atoms with E-state index in [1.54, 1.807) is 54.7 Å². The minimum absolute atomic E-state index is 0.0969. The van der Waals surface area contributed by atoms with E-state index in [2.05, 4.69) is 22.7 Å². The summed E-state index contributed by atoms with van der Waals surface area (Å²) in [6.45, 7) is 0. The third-order valence-corrected chi connectivity index (χ3v) is 2.58. The SMILES string of the molecule is NC(=S)N/N=C\c1ccc(OC(=O)c2ccccc2)cc1. The fourth-order valence-electron chi connectivity index (χ4n) is 1.53. The van der Waals surface area contributed by atoms with Crippen LogP contribution in [0.3, 0.4) is 0 Å². The van der Waals surface area contributed by atoms with Gasteiger partial charge < -0.3 is 10.5 Å². The molecule has 21 heavy (non-hydrogen) atoms. The number of ether oxygens (including phenoxy) is 1. The van der Waals surface area contributed by atoms with Crippen molar-refractivity contribution in [2.75, 3.05) is 0 Å². The maximum Gasteiger partial charge on any atom is 0.343 e. The van der Waals surface area contributed by atoms with Gasteiger partial charge in [-0.25, -0.2) is 4.79 Å². The van der Waals surface area contributed by atoms with Crippen molar-refractivity contribution >= 4 is 29.5 Å². The number of thiocarbonyl (C=S) groups is 1. The fourth-order valence-corrected chi connectivity index (χ4v) is 1.59. The molecule has 5 nitrogen and oxygen atoms in total. The van der Waals surface area contributed by atoms with E-state index in [1.165, 1.54) is 0 Å². The van der Waals surface area contributed by atoms with Gasteiger partial charge in [-0.1, -0.05) is 18.2 Å². The normalized spacial score (nSPS) is 10.3. The fraction of sp³-hybridized carbons (Fsp3) is 0. The van der Waals surface area contributed by atoms with Gasteiger partial charge in [0, 0.05) is 0 Å². The molecule has 0 aliphatic rings. The highest BCUT2D eigenvalue weighted by atomic mass is 32.1. The van der Waals surface area contributed by atoms with Crippen LogP contribution in [0.2, 0.25) is 0 Å². The molecule has 3 N–H and O–H groups in total. The van der Waals surface area contributed by atoms with Crippen molar-refractivity contribution in [2.24, 2.45) is 10.8 Å². The summed E-state index contributed by atoms with van der Waals surface area (Å²) in [4.78, 5) is 11.9. The first-order chi connectivity index (χ1) is 10.1. The quantitative estimate of drug-likeness (QED) is 0.297. The maximum absolute atomic E-state index is 11.9. The molecule has 2 rings (SSSR count). The lowest BCUT2D eigenvalue weighted by Crippen LogP contribution is -2.23. The first-order valence-electron chi connectivity index (χ1n) is 6.11. The number of rotatable bonds is 4. The number of hydrogen-bond acceptors (Lipinski definition) is 4. The average molecular weight is 299 g/mol.